The van der Waals surface area contributed by atoms with Crippen LogP contribution in [0.15, 0.2) is 48.8 Å². The quantitative estimate of drug-likeness (QED) is 0.702. The monoisotopic (exact) mass is 420 g/mol. The van der Waals surface area contributed by atoms with E-state index in [1.54, 1.807) is 12.4 Å². The number of hydrogen-bond donors (Lipinski definition) is 1. The number of Topliss-reactive ketones (excluding diaryl/α,β-unsaturated/α-hetero) is 1. The van der Waals surface area contributed by atoms with E-state index in [0.29, 0.717) is 38.3 Å². The van der Waals surface area contributed by atoms with Crippen molar-refractivity contribution < 1.29 is 14.3 Å². The minimum absolute atomic E-state index is 0.0347. The van der Waals surface area contributed by atoms with E-state index in [0.717, 1.165) is 30.6 Å². The molecule has 0 saturated carbocycles. The highest BCUT2D eigenvalue weighted by Gasteiger charge is 2.34. The van der Waals surface area contributed by atoms with Gasteiger partial charge >= 0.3 is 0 Å². The number of anilines is 1. The smallest absolute Gasteiger partial charge is 0.159 e. The minimum atomic E-state index is -0.305. The molecule has 0 spiro atoms. The van der Waals surface area contributed by atoms with Crippen LogP contribution in [0, 0.1) is 11.3 Å². The Morgan fingerprint density at radius 3 is 2.94 bits per heavy atom. The normalized spacial score (nSPS) is 23.5. The van der Waals surface area contributed by atoms with Crippen LogP contribution in [0.2, 0.25) is 0 Å². The van der Waals surface area contributed by atoms with Gasteiger partial charge in [0.25, 0.3) is 0 Å². The number of rotatable bonds is 8. The zero-order chi connectivity index (χ0) is 21.5. The summed E-state index contributed by atoms with van der Waals surface area (Å²) in [7, 11) is 0. The average molecular weight is 421 g/mol. The molecule has 2 aliphatic heterocycles. The molecule has 31 heavy (non-hydrogen) atoms. The predicted molar refractivity (Wildman–Crippen MR) is 117 cm³/mol. The first-order chi connectivity index (χ1) is 15.2. The van der Waals surface area contributed by atoms with E-state index in [1.165, 1.54) is 0 Å². The average Bonchev–Trinajstić information content (AvgIpc) is 3.26. The van der Waals surface area contributed by atoms with Crippen LogP contribution in [0.25, 0.3) is 0 Å². The van der Waals surface area contributed by atoms with E-state index in [2.05, 4.69) is 16.4 Å². The van der Waals surface area contributed by atoms with Crippen LogP contribution < -0.4 is 10.2 Å². The summed E-state index contributed by atoms with van der Waals surface area (Å²) < 4.78 is 11.9. The van der Waals surface area contributed by atoms with E-state index in [-0.39, 0.29) is 24.0 Å². The standard InChI is InChI=1S/C24H28N4O3/c25-13-19-14-26-9-8-22(19)28-11-10-27-15-23(28)24(29)12-20-6-7-21(31-20)17-30-16-18-4-2-1-3-5-18/h1-5,8-9,14,20-21,23,27H,6-7,10-12,15-17H2. The Labute approximate surface area is 183 Å². The maximum atomic E-state index is 13.2. The van der Waals surface area contributed by atoms with Crippen molar-refractivity contribution in [3.8, 4) is 6.07 Å². The first-order valence-corrected chi connectivity index (χ1v) is 10.9. The molecule has 7 heteroatoms. The number of pyridine rings is 1. The van der Waals surface area contributed by atoms with Crippen molar-refractivity contribution >= 4 is 11.5 Å². The summed E-state index contributed by atoms with van der Waals surface area (Å²) in [6.45, 7) is 3.13. The fourth-order valence-electron chi connectivity index (χ4n) is 4.30. The summed E-state index contributed by atoms with van der Waals surface area (Å²) in [5.41, 5.74) is 2.41. The number of hydrogen-bond acceptors (Lipinski definition) is 7. The van der Waals surface area contributed by atoms with Crippen LogP contribution in [0.1, 0.15) is 30.4 Å². The molecule has 162 valence electrons. The summed E-state index contributed by atoms with van der Waals surface area (Å²) in [5.74, 6) is 0.142. The molecule has 1 aromatic carbocycles. The summed E-state index contributed by atoms with van der Waals surface area (Å²) in [6, 6.07) is 13.8. The molecular formula is C24H28N4O3. The van der Waals surface area contributed by atoms with E-state index < -0.39 is 0 Å². The molecule has 2 saturated heterocycles. The van der Waals surface area contributed by atoms with Gasteiger partial charge in [-0.2, -0.15) is 5.26 Å². The fraction of sp³-hybridized carbons (Fsp3) is 0.458. The lowest BCUT2D eigenvalue weighted by Crippen LogP contribution is -2.55. The molecule has 2 aromatic rings. The maximum Gasteiger partial charge on any atom is 0.159 e. The Morgan fingerprint density at radius 2 is 2.10 bits per heavy atom. The Kier molecular flexibility index (Phi) is 7.26. The summed E-state index contributed by atoms with van der Waals surface area (Å²) >= 11 is 0. The number of nitrogens with zero attached hydrogens (tertiary/aromatic N) is 3. The zero-order valence-electron chi connectivity index (χ0n) is 17.6. The van der Waals surface area contributed by atoms with Gasteiger partial charge < -0.3 is 19.7 Å². The molecule has 3 heterocycles. The van der Waals surface area contributed by atoms with Crippen molar-refractivity contribution in [3.05, 3.63) is 59.9 Å². The van der Waals surface area contributed by atoms with Gasteiger partial charge in [-0.15, -0.1) is 0 Å². The molecule has 7 nitrogen and oxygen atoms in total. The number of ketones is 1. The Bertz CT molecular complexity index is 915. The second-order valence-corrected chi connectivity index (χ2v) is 8.05. The van der Waals surface area contributed by atoms with Gasteiger partial charge in [-0.25, -0.2) is 0 Å². The van der Waals surface area contributed by atoms with Gasteiger partial charge in [0.15, 0.2) is 5.78 Å². The van der Waals surface area contributed by atoms with Gasteiger partial charge in [0.05, 0.1) is 36.7 Å². The highest BCUT2D eigenvalue weighted by Crippen LogP contribution is 2.27. The topological polar surface area (TPSA) is 87.5 Å². The number of ether oxygens (including phenoxy) is 2. The van der Waals surface area contributed by atoms with Crippen molar-refractivity contribution in [1.82, 2.24) is 10.3 Å². The molecule has 0 aliphatic carbocycles. The van der Waals surface area contributed by atoms with Gasteiger partial charge in [-0.1, -0.05) is 30.3 Å². The van der Waals surface area contributed by atoms with Crippen molar-refractivity contribution in [3.63, 3.8) is 0 Å². The third-order valence-electron chi connectivity index (χ3n) is 5.88. The number of benzene rings is 1. The molecule has 3 unspecified atom stereocenters. The highest BCUT2D eigenvalue weighted by atomic mass is 16.5. The zero-order valence-corrected chi connectivity index (χ0v) is 17.6. The lowest BCUT2D eigenvalue weighted by atomic mass is 10.00. The molecule has 1 aromatic heterocycles. The predicted octanol–water partition coefficient (Wildman–Crippen LogP) is 2.46. The van der Waals surface area contributed by atoms with Gasteiger partial charge in [0.1, 0.15) is 12.1 Å². The Morgan fingerprint density at radius 1 is 1.26 bits per heavy atom. The van der Waals surface area contributed by atoms with Crippen molar-refractivity contribution in [1.29, 1.82) is 5.26 Å². The Balaban J connectivity index is 1.29. The molecule has 3 atom stereocenters. The van der Waals surface area contributed by atoms with Gasteiger partial charge in [-0.3, -0.25) is 9.78 Å². The molecule has 0 amide bonds. The molecule has 1 N–H and O–H groups in total. The number of nitrogens with one attached hydrogen (secondary N) is 1. The summed E-state index contributed by atoms with van der Waals surface area (Å²) in [6.07, 6.45) is 5.33. The summed E-state index contributed by atoms with van der Waals surface area (Å²) in [5, 5.41) is 12.7. The van der Waals surface area contributed by atoms with E-state index >= 15 is 0 Å². The lowest BCUT2D eigenvalue weighted by molar-refractivity contribution is -0.123. The number of carbonyl (C=O) groups excluding carboxylic acids is 1. The first kappa shape index (κ1) is 21.4. The van der Waals surface area contributed by atoms with E-state index in [1.807, 2.05) is 41.3 Å². The fourth-order valence-corrected chi connectivity index (χ4v) is 4.30. The van der Waals surface area contributed by atoms with Crippen LogP contribution in [-0.2, 0) is 20.9 Å². The molecule has 2 fully saturated rings. The number of nitriles is 1. The van der Waals surface area contributed by atoms with Crippen LogP contribution in [-0.4, -0.2) is 55.3 Å². The first-order valence-electron chi connectivity index (χ1n) is 10.9. The van der Waals surface area contributed by atoms with E-state index in [4.69, 9.17) is 9.47 Å². The number of aromatic nitrogens is 1. The van der Waals surface area contributed by atoms with Crippen LogP contribution in [0.4, 0.5) is 5.69 Å². The SMILES string of the molecule is N#Cc1cnccc1N1CCNCC1C(=O)CC1CCC(COCc2ccccc2)O1. The molecule has 0 radical (unpaired) electrons. The van der Waals surface area contributed by atoms with Crippen LogP contribution >= 0.6 is 0 Å². The van der Waals surface area contributed by atoms with Crippen molar-refractivity contribution in [2.75, 3.05) is 31.1 Å². The van der Waals surface area contributed by atoms with E-state index in [9.17, 15) is 10.1 Å². The summed E-state index contributed by atoms with van der Waals surface area (Å²) in [4.78, 5) is 19.2. The third kappa shape index (κ3) is 5.47. The van der Waals surface area contributed by atoms with Crippen LogP contribution in [0.5, 0.6) is 0 Å². The van der Waals surface area contributed by atoms with Crippen LogP contribution in [0.3, 0.4) is 0 Å². The third-order valence-corrected chi connectivity index (χ3v) is 5.88. The number of piperazine rings is 1. The second-order valence-electron chi connectivity index (χ2n) is 8.05. The Hall–Kier alpha value is -2.79. The second kappa shape index (κ2) is 10.5. The highest BCUT2D eigenvalue weighted by molar-refractivity contribution is 5.88. The molecule has 2 aliphatic rings. The van der Waals surface area contributed by atoms with Crippen molar-refractivity contribution in [2.24, 2.45) is 0 Å². The molecule has 0 bridgehead atoms. The maximum absolute atomic E-state index is 13.2. The minimum Gasteiger partial charge on any atom is -0.374 e. The number of carbonyl (C=O) groups is 1. The van der Waals surface area contributed by atoms with Crippen molar-refractivity contribution in [2.45, 2.75) is 44.1 Å². The molecular weight excluding hydrogens is 392 g/mol. The molecule has 4 rings (SSSR count). The van der Waals surface area contributed by atoms with Gasteiger partial charge in [0, 0.05) is 38.4 Å². The largest absolute Gasteiger partial charge is 0.374 e. The van der Waals surface area contributed by atoms with Gasteiger partial charge in [-0.05, 0) is 24.5 Å². The van der Waals surface area contributed by atoms with Gasteiger partial charge in [0.2, 0.25) is 0 Å². The lowest BCUT2D eigenvalue weighted by Gasteiger charge is -2.37.